The predicted octanol–water partition coefficient (Wildman–Crippen LogP) is 1.86. The van der Waals surface area contributed by atoms with Gasteiger partial charge in [-0.3, -0.25) is 19.4 Å². The minimum Gasteiger partial charge on any atom is -0.508 e. The fourth-order valence-corrected chi connectivity index (χ4v) is 4.84. The zero-order valence-electron chi connectivity index (χ0n) is 18.5. The highest BCUT2D eigenvalue weighted by molar-refractivity contribution is 5.83. The average Bonchev–Trinajstić information content (AvgIpc) is 3.18. The van der Waals surface area contributed by atoms with Gasteiger partial charge in [0.1, 0.15) is 11.8 Å². The summed E-state index contributed by atoms with van der Waals surface area (Å²) in [5, 5.41) is 15.6. The molecule has 0 radical (unpaired) electrons. The summed E-state index contributed by atoms with van der Waals surface area (Å²) in [5.74, 6) is 0.347. The third-order valence-corrected chi connectivity index (χ3v) is 6.71. The van der Waals surface area contributed by atoms with Crippen molar-refractivity contribution < 1.29 is 14.7 Å². The van der Waals surface area contributed by atoms with Gasteiger partial charge < -0.3 is 15.7 Å². The number of amides is 2. The van der Waals surface area contributed by atoms with Crippen molar-refractivity contribution in [1.29, 1.82) is 0 Å². The molecule has 7 heteroatoms. The Balaban J connectivity index is 1.32. The summed E-state index contributed by atoms with van der Waals surface area (Å²) in [6.07, 6.45) is 2.06. The summed E-state index contributed by atoms with van der Waals surface area (Å²) >= 11 is 0. The summed E-state index contributed by atoms with van der Waals surface area (Å²) < 4.78 is 0. The number of rotatable bonds is 7. The lowest BCUT2D eigenvalue weighted by molar-refractivity contribution is -0.126. The molecule has 32 heavy (non-hydrogen) atoms. The Morgan fingerprint density at radius 3 is 2.62 bits per heavy atom. The highest BCUT2D eigenvalue weighted by Gasteiger charge is 2.44. The number of hydrogen-bond donors (Lipinski definition) is 3. The van der Waals surface area contributed by atoms with Gasteiger partial charge in [0.25, 0.3) is 0 Å². The van der Waals surface area contributed by atoms with Crippen LogP contribution in [0.2, 0.25) is 0 Å². The molecular weight excluding hydrogens is 404 g/mol. The lowest BCUT2D eigenvalue weighted by atomic mass is 10.0. The first-order valence-corrected chi connectivity index (χ1v) is 11.3. The van der Waals surface area contributed by atoms with Crippen LogP contribution < -0.4 is 10.6 Å². The Morgan fingerprint density at radius 2 is 1.88 bits per heavy atom. The van der Waals surface area contributed by atoms with Crippen LogP contribution in [0.1, 0.15) is 30.4 Å². The molecule has 0 aliphatic carbocycles. The molecule has 0 spiro atoms. The van der Waals surface area contributed by atoms with Crippen molar-refractivity contribution in [3.63, 3.8) is 0 Å². The van der Waals surface area contributed by atoms with Gasteiger partial charge in [0, 0.05) is 44.7 Å². The van der Waals surface area contributed by atoms with E-state index in [1.54, 1.807) is 12.1 Å². The predicted molar refractivity (Wildman–Crippen MR) is 123 cm³/mol. The van der Waals surface area contributed by atoms with Crippen LogP contribution in [0.3, 0.4) is 0 Å². The standard InChI is InChI=1S/C25H32N4O3/c1-28-20(9-12-23(31)26-15-18-5-3-2-4-6-18)16-27-25(32)24-22(28)13-14-29(24)17-19-7-10-21(30)11-8-19/h2-8,10-11,20,22,24,30H,9,12-17H2,1H3,(H,26,31)(H,27,32). The zero-order chi connectivity index (χ0) is 22.5. The number of aromatic hydroxyl groups is 1. The fourth-order valence-electron chi connectivity index (χ4n) is 4.84. The second-order valence-electron chi connectivity index (χ2n) is 8.80. The van der Waals surface area contributed by atoms with E-state index in [0.29, 0.717) is 32.5 Å². The molecule has 3 unspecified atom stereocenters. The number of nitrogens with one attached hydrogen (secondary N) is 2. The van der Waals surface area contributed by atoms with Crippen LogP contribution in [0.4, 0.5) is 0 Å². The molecule has 2 fully saturated rings. The lowest BCUT2D eigenvalue weighted by Gasteiger charge is -2.33. The van der Waals surface area contributed by atoms with Crippen molar-refractivity contribution in [3.05, 3.63) is 65.7 Å². The Hall–Kier alpha value is -2.90. The molecular formula is C25H32N4O3. The highest BCUT2D eigenvalue weighted by Crippen LogP contribution is 2.28. The van der Waals surface area contributed by atoms with Crippen LogP contribution in [-0.2, 0) is 22.7 Å². The molecule has 7 nitrogen and oxygen atoms in total. The highest BCUT2D eigenvalue weighted by atomic mass is 16.3. The molecule has 3 N–H and O–H groups in total. The largest absolute Gasteiger partial charge is 0.508 e. The van der Waals surface area contributed by atoms with E-state index in [4.69, 9.17) is 0 Å². The number of carbonyl (C=O) groups is 2. The minimum atomic E-state index is -0.203. The van der Waals surface area contributed by atoms with Crippen LogP contribution >= 0.6 is 0 Å². The van der Waals surface area contributed by atoms with E-state index in [0.717, 1.165) is 24.1 Å². The fraction of sp³-hybridized carbons (Fsp3) is 0.440. The van der Waals surface area contributed by atoms with E-state index >= 15 is 0 Å². The molecule has 2 aliphatic rings. The molecule has 3 atom stereocenters. The second-order valence-corrected chi connectivity index (χ2v) is 8.80. The smallest absolute Gasteiger partial charge is 0.239 e. The molecule has 2 saturated heterocycles. The van der Waals surface area contributed by atoms with E-state index in [1.807, 2.05) is 42.5 Å². The van der Waals surface area contributed by atoms with E-state index in [1.165, 1.54) is 0 Å². The van der Waals surface area contributed by atoms with Crippen LogP contribution in [0.25, 0.3) is 0 Å². The zero-order valence-corrected chi connectivity index (χ0v) is 18.5. The Bertz CT molecular complexity index is 919. The van der Waals surface area contributed by atoms with E-state index in [9.17, 15) is 14.7 Å². The number of nitrogens with zero attached hydrogens (tertiary/aromatic N) is 2. The summed E-state index contributed by atoms with van der Waals surface area (Å²) in [4.78, 5) is 29.8. The minimum absolute atomic E-state index is 0.0368. The number of likely N-dealkylation sites (N-methyl/N-ethyl adjacent to an activating group) is 1. The van der Waals surface area contributed by atoms with Crippen molar-refractivity contribution in [1.82, 2.24) is 20.4 Å². The van der Waals surface area contributed by atoms with Gasteiger partial charge in [0.15, 0.2) is 0 Å². The molecule has 0 aromatic heterocycles. The van der Waals surface area contributed by atoms with Crippen molar-refractivity contribution >= 4 is 11.8 Å². The molecule has 2 heterocycles. The van der Waals surface area contributed by atoms with Gasteiger partial charge >= 0.3 is 0 Å². The van der Waals surface area contributed by atoms with Crippen molar-refractivity contribution in [2.45, 2.75) is 50.5 Å². The summed E-state index contributed by atoms with van der Waals surface area (Å²) in [6.45, 7) is 2.61. The van der Waals surface area contributed by atoms with Gasteiger partial charge in [-0.25, -0.2) is 0 Å². The summed E-state index contributed by atoms with van der Waals surface area (Å²) in [6, 6.07) is 17.1. The monoisotopic (exact) mass is 436 g/mol. The molecule has 2 aromatic carbocycles. The molecule has 2 aliphatic heterocycles. The van der Waals surface area contributed by atoms with E-state index < -0.39 is 0 Å². The first-order chi connectivity index (χ1) is 15.5. The van der Waals surface area contributed by atoms with Crippen molar-refractivity contribution in [3.8, 4) is 5.75 Å². The third kappa shape index (κ3) is 5.29. The first kappa shape index (κ1) is 22.3. The normalized spacial score (nSPS) is 23.9. The maximum absolute atomic E-state index is 12.9. The van der Waals surface area contributed by atoms with Gasteiger partial charge in [0.05, 0.1) is 0 Å². The van der Waals surface area contributed by atoms with E-state index in [2.05, 4.69) is 27.5 Å². The van der Waals surface area contributed by atoms with Crippen LogP contribution in [-0.4, -0.2) is 65.0 Å². The van der Waals surface area contributed by atoms with Gasteiger partial charge in [-0.05, 0) is 43.1 Å². The van der Waals surface area contributed by atoms with E-state index in [-0.39, 0.29) is 35.7 Å². The molecule has 4 rings (SSSR count). The van der Waals surface area contributed by atoms with Crippen molar-refractivity contribution in [2.75, 3.05) is 20.1 Å². The summed E-state index contributed by atoms with van der Waals surface area (Å²) in [7, 11) is 2.08. The number of fused-ring (bicyclic) bond motifs is 1. The SMILES string of the molecule is CN1C(CCC(=O)NCc2ccccc2)CNC(=O)C2C1CCN2Cc1ccc(O)cc1. The van der Waals surface area contributed by atoms with Crippen LogP contribution in [0, 0.1) is 0 Å². The number of phenolic OH excluding ortho intramolecular Hbond substituents is 1. The van der Waals surface area contributed by atoms with Gasteiger partial charge in [-0.15, -0.1) is 0 Å². The number of benzene rings is 2. The van der Waals surface area contributed by atoms with Gasteiger partial charge in [-0.1, -0.05) is 42.5 Å². The Labute approximate surface area is 189 Å². The Kier molecular flexibility index (Phi) is 7.07. The van der Waals surface area contributed by atoms with Gasteiger partial charge in [-0.2, -0.15) is 0 Å². The van der Waals surface area contributed by atoms with Crippen molar-refractivity contribution in [2.24, 2.45) is 0 Å². The maximum Gasteiger partial charge on any atom is 0.239 e. The van der Waals surface area contributed by atoms with Gasteiger partial charge in [0.2, 0.25) is 11.8 Å². The molecule has 0 bridgehead atoms. The topological polar surface area (TPSA) is 84.9 Å². The third-order valence-electron chi connectivity index (χ3n) is 6.71. The first-order valence-electron chi connectivity index (χ1n) is 11.3. The number of hydrogen-bond acceptors (Lipinski definition) is 5. The number of phenols is 1. The Morgan fingerprint density at radius 1 is 1.12 bits per heavy atom. The maximum atomic E-state index is 12.9. The molecule has 0 saturated carbocycles. The van der Waals surface area contributed by atoms with Crippen LogP contribution in [0.15, 0.2) is 54.6 Å². The quantitative estimate of drug-likeness (QED) is 0.617. The molecule has 2 aromatic rings. The molecule has 2 amide bonds. The average molecular weight is 437 g/mol. The second kappa shape index (κ2) is 10.1. The number of carbonyl (C=O) groups excluding carboxylic acids is 2. The lowest BCUT2D eigenvalue weighted by Crippen LogP contribution is -2.49. The summed E-state index contributed by atoms with van der Waals surface area (Å²) in [5.41, 5.74) is 2.16. The molecule has 170 valence electrons. The van der Waals surface area contributed by atoms with Crippen LogP contribution in [0.5, 0.6) is 5.75 Å². The number of likely N-dealkylation sites (tertiary alicyclic amines) is 1.